The van der Waals surface area contributed by atoms with Crippen molar-refractivity contribution in [1.29, 1.82) is 0 Å². The predicted molar refractivity (Wildman–Crippen MR) is 123 cm³/mol. The largest absolute Gasteiger partial charge is 0.457 e. The van der Waals surface area contributed by atoms with Gasteiger partial charge in [-0.2, -0.15) is 5.01 Å². The first kappa shape index (κ1) is 21.2. The lowest BCUT2D eigenvalue weighted by Gasteiger charge is -2.14. The molecular formula is C19H10ClN3O5S3. The lowest BCUT2D eigenvalue weighted by molar-refractivity contribution is -0.384. The van der Waals surface area contributed by atoms with Gasteiger partial charge in [0.2, 0.25) is 0 Å². The SMILES string of the molecule is O=C(NN1C(=O)/C(=C\c2ccc(-c3ccc(Cl)c([N+](=O)[O-])c3)o2)SC1=S)c1cccs1. The molecule has 8 nitrogen and oxygen atoms in total. The average molecular weight is 492 g/mol. The second-order valence-corrected chi connectivity index (χ2v) is 9.09. The molecule has 0 spiro atoms. The van der Waals surface area contributed by atoms with Gasteiger partial charge in [0.05, 0.1) is 14.7 Å². The number of benzene rings is 1. The van der Waals surface area contributed by atoms with Gasteiger partial charge < -0.3 is 4.42 Å². The molecule has 1 saturated heterocycles. The van der Waals surface area contributed by atoms with Crippen LogP contribution in [0.2, 0.25) is 5.02 Å². The van der Waals surface area contributed by atoms with Gasteiger partial charge in [-0.05, 0) is 47.9 Å². The fourth-order valence-electron chi connectivity index (χ4n) is 2.65. The van der Waals surface area contributed by atoms with Crippen LogP contribution in [-0.4, -0.2) is 26.1 Å². The van der Waals surface area contributed by atoms with Gasteiger partial charge in [-0.25, -0.2) is 0 Å². The van der Waals surface area contributed by atoms with Crippen molar-refractivity contribution in [2.24, 2.45) is 0 Å². The van der Waals surface area contributed by atoms with E-state index in [1.807, 2.05) is 0 Å². The van der Waals surface area contributed by atoms with Crippen molar-refractivity contribution in [1.82, 2.24) is 10.4 Å². The number of furan rings is 1. The Kier molecular flexibility index (Phi) is 5.92. The van der Waals surface area contributed by atoms with Gasteiger partial charge >= 0.3 is 0 Å². The minimum absolute atomic E-state index is 0.0220. The van der Waals surface area contributed by atoms with Crippen molar-refractivity contribution in [2.75, 3.05) is 0 Å². The maximum Gasteiger partial charge on any atom is 0.288 e. The van der Waals surface area contributed by atoms with E-state index in [0.717, 1.165) is 16.8 Å². The number of hydrazine groups is 1. The molecule has 3 aromatic rings. The number of hydrogen-bond donors (Lipinski definition) is 1. The first-order chi connectivity index (χ1) is 14.8. The molecule has 12 heteroatoms. The fourth-order valence-corrected chi connectivity index (χ4v) is 4.61. The van der Waals surface area contributed by atoms with Gasteiger partial charge in [-0.15, -0.1) is 11.3 Å². The summed E-state index contributed by atoms with van der Waals surface area (Å²) in [6.07, 6.45) is 1.49. The monoisotopic (exact) mass is 491 g/mol. The van der Waals surface area contributed by atoms with Crippen LogP contribution in [0.25, 0.3) is 17.4 Å². The van der Waals surface area contributed by atoms with Gasteiger partial charge in [0.1, 0.15) is 16.5 Å². The molecule has 0 unspecified atom stereocenters. The zero-order valence-corrected chi connectivity index (χ0v) is 18.4. The zero-order chi connectivity index (χ0) is 22.1. The Hall–Kier alpha value is -2.99. The molecule has 156 valence electrons. The molecule has 0 radical (unpaired) electrons. The normalized spacial score (nSPS) is 15.0. The maximum absolute atomic E-state index is 12.7. The van der Waals surface area contributed by atoms with Crippen LogP contribution in [0.1, 0.15) is 15.4 Å². The Morgan fingerprint density at radius 2 is 2.10 bits per heavy atom. The third-order valence-electron chi connectivity index (χ3n) is 4.08. The summed E-state index contributed by atoms with van der Waals surface area (Å²) in [7, 11) is 0. The van der Waals surface area contributed by atoms with E-state index in [9.17, 15) is 19.7 Å². The van der Waals surface area contributed by atoms with Crippen LogP contribution in [0.15, 0.2) is 57.2 Å². The summed E-state index contributed by atoms with van der Waals surface area (Å²) < 4.78 is 5.89. The van der Waals surface area contributed by atoms with Gasteiger partial charge in [0.25, 0.3) is 17.5 Å². The Morgan fingerprint density at radius 3 is 2.81 bits per heavy atom. The Morgan fingerprint density at radius 1 is 1.29 bits per heavy atom. The lowest BCUT2D eigenvalue weighted by atomic mass is 10.1. The highest BCUT2D eigenvalue weighted by Crippen LogP contribution is 2.34. The molecule has 1 fully saturated rings. The molecule has 0 saturated carbocycles. The number of nitro benzene ring substituents is 1. The number of rotatable bonds is 5. The van der Waals surface area contributed by atoms with Gasteiger partial charge in [-0.1, -0.05) is 29.4 Å². The summed E-state index contributed by atoms with van der Waals surface area (Å²) in [4.78, 5) is 36.1. The Labute approximate surface area is 193 Å². The molecule has 1 aromatic carbocycles. The third-order valence-corrected chi connectivity index (χ3v) is 6.57. The Bertz CT molecular complexity index is 1250. The molecular weight excluding hydrogens is 482 g/mol. The van der Waals surface area contributed by atoms with Crippen molar-refractivity contribution in [3.8, 4) is 11.3 Å². The van der Waals surface area contributed by atoms with Crippen molar-refractivity contribution in [2.45, 2.75) is 0 Å². The standard InChI is InChI=1S/C19H10ClN3O5S3/c20-12-5-3-10(8-13(12)23(26)27)14-6-4-11(28-14)9-16-18(25)22(19(29)31-16)21-17(24)15-2-1-7-30-15/h1-9H,(H,21,24)/b16-9+. The number of carbonyl (C=O) groups is 2. The average Bonchev–Trinajstić information content (AvgIpc) is 3.47. The summed E-state index contributed by atoms with van der Waals surface area (Å²) in [6, 6.07) is 10.9. The fraction of sp³-hybridized carbons (Fsp3) is 0. The minimum Gasteiger partial charge on any atom is -0.457 e. The zero-order valence-electron chi connectivity index (χ0n) is 15.2. The first-order valence-corrected chi connectivity index (χ1v) is 11.0. The van der Waals surface area contributed by atoms with Gasteiger partial charge in [0, 0.05) is 17.7 Å². The number of nitrogens with zero attached hydrogens (tertiary/aromatic N) is 2. The van der Waals surface area contributed by atoms with E-state index in [1.54, 1.807) is 35.7 Å². The highest BCUT2D eigenvalue weighted by atomic mass is 35.5. The molecule has 0 aliphatic carbocycles. The quantitative estimate of drug-likeness (QED) is 0.228. The van der Waals surface area contributed by atoms with Crippen LogP contribution >= 0.6 is 46.9 Å². The predicted octanol–water partition coefficient (Wildman–Crippen LogP) is 5.12. The molecule has 31 heavy (non-hydrogen) atoms. The number of halogens is 1. The number of thiocarbonyl (C=S) groups is 1. The van der Waals surface area contributed by atoms with E-state index >= 15 is 0 Å². The number of amides is 2. The molecule has 1 aliphatic rings. The topological polar surface area (TPSA) is 106 Å². The molecule has 1 N–H and O–H groups in total. The third kappa shape index (κ3) is 4.39. The van der Waals surface area contributed by atoms with Crippen LogP contribution < -0.4 is 5.43 Å². The number of carbonyl (C=O) groups excluding carboxylic acids is 2. The number of thioether (sulfide) groups is 1. The molecule has 3 heterocycles. The minimum atomic E-state index is -0.578. The summed E-state index contributed by atoms with van der Waals surface area (Å²) >= 11 is 13.3. The first-order valence-electron chi connectivity index (χ1n) is 8.50. The van der Waals surface area contributed by atoms with E-state index in [-0.39, 0.29) is 19.9 Å². The van der Waals surface area contributed by atoms with Crippen LogP contribution in [0, 0.1) is 10.1 Å². The van der Waals surface area contributed by atoms with Crippen LogP contribution in [-0.2, 0) is 4.79 Å². The summed E-state index contributed by atoms with van der Waals surface area (Å²) in [5.41, 5.74) is 2.72. The summed E-state index contributed by atoms with van der Waals surface area (Å²) in [5, 5.41) is 13.9. The van der Waals surface area contributed by atoms with Crippen LogP contribution in [0.5, 0.6) is 0 Å². The van der Waals surface area contributed by atoms with Crippen molar-refractivity contribution >= 4 is 74.8 Å². The molecule has 4 rings (SSSR count). The van der Waals surface area contributed by atoms with E-state index < -0.39 is 16.7 Å². The molecule has 2 amide bonds. The van der Waals surface area contributed by atoms with Crippen molar-refractivity contribution in [3.05, 3.63) is 78.5 Å². The summed E-state index contributed by atoms with van der Waals surface area (Å²) in [6.45, 7) is 0. The number of nitrogens with one attached hydrogen (secondary N) is 1. The molecule has 2 aromatic heterocycles. The molecule has 0 bridgehead atoms. The second-order valence-electron chi connectivity index (χ2n) is 6.06. The highest BCUT2D eigenvalue weighted by Gasteiger charge is 2.34. The second kappa shape index (κ2) is 8.63. The smallest absolute Gasteiger partial charge is 0.288 e. The highest BCUT2D eigenvalue weighted by molar-refractivity contribution is 8.26. The van der Waals surface area contributed by atoms with E-state index in [4.69, 9.17) is 28.2 Å². The lowest BCUT2D eigenvalue weighted by Crippen LogP contribution is -2.44. The Balaban J connectivity index is 1.54. The number of nitro groups is 1. The van der Waals surface area contributed by atoms with E-state index in [1.165, 1.54) is 29.5 Å². The number of thiophene rings is 1. The van der Waals surface area contributed by atoms with Crippen molar-refractivity contribution in [3.63, 3.8) is 0 Å². The van der Waals surface area contributed by atoms with Gasteiger partial charge in [-0.3, -0.25) is 25.1 Å². The number of hydrogen-bond acceptors (Lipinski definition) is 8. The van der Waals surface area contributed by atoms with E-state index in [0.29, 0.717) is 22.0 Å². The molecule has 1 aliphatic heterocycles. The van der Waals surface area contributed by atoms with Crippen molar-refractivity contribution < 1.29 is 18.9 Å². The summed E-state index contributed by atoms with van der Waals surface area (Å²) in [5.74, 6) is -0.206. The van der Waals surface area contributed by atoms with Gasteiger partial charge in [0.15, 0.2) is 4.32 Å². The van der Waals surface area contributed by atoms with Crippen LogP contribution in [0.4, 0.5) is 5.69 Å². The molecule has 0 atom stereocenters. The van der Waals surface area contributed by atoms with Crippen LogP contribution in [0.3, 0.4) is 0 Å². The van der Waals surface area contributed by atoms with E-state index in [2.05, 4.69) is 5.43 Å². The maximum atomic E-state index is 12.7.